The second kappa shape index (κ2) is 10.2. The third kappa shape index (κ3) is 4.90. The molecule has 1 aliphatic carbocycles. The smallest absolute Gasteiger partial charge is 0.407 e. The van der Waals surface area contributed by atoms with E-state index < -0.39 is 36.2 Å². The first-order valence-electron chi connectivity index (χ1n) is 11.2. The molecule has 0 saturated carbocycles. The Bertz CT molecular complexity index is 1030. The molecule has 9 heteroatoms. The summed E-state index contributed by atoms with van der Waals surface area (Å²) in [5, 5.41) is 21.6. The Kier molecular flexibility index (Phi) is 7.14. The summed E-state index contributed by atoms with van der Waals surface area (Å²) in [6.45, 7) is 0.285. The molecule has 2 aromatic rings. The van der Waals surface area contributed by atoms with Crippen LogP contribution in [0.4, 0.5) is 4.79 Å². The van der Waals surface area contributed by atoms with Crippen molar-refractivity contribution in [3.8, 4) is 11.1 Å². The van der Waals surface area contributed by atoms with E-state index in [0.29, 0.717) is 0 Å². The van der Waals surface area contributed by atoms with Crippen LogP contribution in [0.2, 0.25) is 0 Å². The number of carbonyl (C=O) groups excluding carboxylic acids is 2. The second-order valence-electron chi connectivity index (χ2n) is 8.54. The number of methoxy groups -OCH3 is 1. The van der Waals surface area contributed by atoms with Crippen LogP contribution in [0.15, 0.2) is 48.5 Å². The van der Waals surface area contributed by atoms with Crippen molar-refractivity contribution in [3.63, 3.8) is 0 Å². The first-order valence-corrected chi connectivity index (χ1v) is 11.2. The van der Waals surface area contributed by atoms with E-state index in [1.807, 2.05) is 48.5 Å². The van der Waals surface area contributed by atoms with Crippen LogP contribution in [0.5, 0.6) is 0 Å². The highest BCUT2D eigenvalue weighted by molar-refractivity contribution is 5.86. The van der Waals surface area contributed by atoms with Gasteiger partial charge in [0.05, 0.1) is 6.10 Å². The first kappa shape index (κ1) is 23.7. The lowest BCUT2D eigenvalue weighted by Gasteiger charge is -2.24. The van der Waals surface area contributed by atoms with Gasteiger partial charge in [0.25, 0.3) is 0 Å². The number of fused-ring (bicyclic) bond motifs is 3. The molecule has 1 aliphatic heterocycles. The van der Waals surface area contributed by atoms with Crippen molar-refractivity contribution < 1.29 is 34.1 Å². The molecule has 34 heavy (non-hydrogen) atoms. The highest BCUT2D eigenvalue weighted by Crippen LogP contribution is 2.44. The Morgan fingerprint density at radius 3 is 2.24 bits per heavy atom. The molecule has 1 unspecified atom stereocenters. The van der Waals surface area contributed by atoms with Crippen LogP contribution in [0, 0.1) is 0 Å². The number of hydrogen-bond donors (Lipinski definition) is 3. The topological polar surface area (TPSA) is 125 Å². The Morgan fingerprint density at radius 2 is 1.68 bits per heavy atom. The number of benzene rings is 2. The number of aliphatic hydroxyl groups is 1. The summed E-state index contributed by atoms with van der Waals surface area (Å²) in [7, 11) is 1.44. The average molecular weight is 469 g/mol. The largest absolute Gasteiger partial charge is 0.481 e. The van der Waals surface area contributed by atoms with Gasteiger partial charge in [-0.25, -0.2) is 4.79 Å². The number of carbonyl (C=O) groups is 3. The van der Waals surface area contributed by atoms with Crippen LogP contribution in [0.25, 0.3) is 11.1 Å². The van der Waals surface area contributed by atoms with Crippen molar-refractivity contribution in [2.75, 3.05) is 26.8 Å². The maximum atomic E-state index is 13.0. The van der Waals surface area contributed by atoms with Crippen molar-refractivity contribution in [2.24, 2.45) is 0 Å². The molecule has 1 saturated heterocycles. The van der Waals surface area contributed by atoms with Crippen molar-refractivity contribution >= 4 is 18.0 Å². The molecule has 180 valence electrons. The fourth-order valence-corrected chi connectivity index (χ4v) is 4.70. The molecule has 3 N–H and O–H groups in total. The summed E-state index contributed by atoms with van der Waals surface area (Å²) < 4.78 is 10.7. The van der Waals surface area contributed by atoms with Crippen LogP contribution in [-0.2, 0) is 19.1 Å². The van der Waals surface area contributed by atoms with Gasteiger partial charge in [0.2, 0.25) is 5.91 Å². The van der Waals surface area contributed by atoms with Crippen LogP contribution < -0.4 is 5.32 Å². The number of carboxylic acid groups (broad SMARTS) is 1. The Hall–Kier alpha value is -3.43. The monoisotopic (exact) mass is 468 g/mol. The fourth-order valence-electron chi connectivity index (χ4n) is 4.70. The van der Waals surface area contributed by atoms with Crippen LogP contribution >= 0.6 is 0 Å². The van der Waals surface area contributed by atoms with Gasteiger partial charge in [-0.3, -0.25) is 9.59 Å². The lowest BCUT2D eigenvalue weighted by molar-refractivity contribution is -0.138. The molecule has 2 aromatic carbocycles. The summed E-state index contributed by atoms with van der Waals surface area (Å²) in [6, 6.07) is 14.8. The van der Waals surface area contributed by atoms with E-state index in [1.54, 1.807) is 0 Å². The van der Waals surface area contributed by atoms with Crippen molar-refractivity contribution in [1.82, 2.24) is 10.2 Å². The van der Waals surface area contributed by atoms with Crippen LogP contribution in [-0.4, -0.2) is 78.1 Å². The lowest BCUT2D eigenvalue weighted by atomic mass is 9.98. The molecule has 2 aliphatic rings. The zero-order valence-electron chi connectivity index (χ0n) is 18.8. The number of nitrogens with one attached hydrogen (secondary N) is 1. The second-order valence-corrected chi connectivity index (χ2v) is 8.54. The van der Waals surface area contributed by atoms with Gasteiger partial charge in [-0.2, -0.15) is 0 Å². The Balaban J connectivity index is 1.42. The zero-order chi connectivity index (χ0) is 24.2. The number of amides is 2. The van der Waals surface area contributed by atoms with Crippen molar-refractivity contribution in [2.45, 2.75) is 37.0 Å². The van der Waals surface area contributed by atoms with Gasteiger partial charge in [0.1, 0.15) is 18.8 Å². The summed E-state index contributed by atoms with van der Waals surface area (Å²) in [6.07, 6.45) is -2.57. The number of rotatable bonds is 8. The van der Waals surface area contributed by atoms with E-state index in [9.17, 15) is 19.5 Å². The number of nitrogens with zero attached hydrogens (tertiary/aromatic N) is 1. The van der Waals surface area contributed by atoms with Gasteiger partial charge in [0, 0.05) is 32.5 Å². The van der Waals surface area contributed by atoms with E-state index in [4.69, 9.17) is 14.6 Å². The highest BCUT2D eigenvalue weighted by atomic mass is 16.5. The molecule has 1 heterocycles. The maximum Gasteiger partial charge on any atom is 0.407 e. The summed E-state index contributed by atoms with van der Waals surface area (Å²) in [5.74, 6) is -1.70. The number of carboxylic acids is 1. The van der Waals surface area contributed by atoms with Gasteiger partial charge in [-0.05, 0) is 28.7 Å². The highest BCUT2D eigenvalue weighted by Gasteiger charge is 2.37. The standard InChI is InChI=1S/C25H28N2O7/c1-33-22-13-27(12-21(22)28)24(31)20(10-11-23(29)30)26-25(32)34-14-19-17-8-4-2-6-15(17)16-7-3-5-9-18(16)19/h2-9,19-22,28H,10-14H2,1H3,(H,26,32)(H,29,30)/t20?,21-,22-/m1/s1. The quantitative estimate of drug-likeness (QED) is 0.541. The molecule has 4 rings (SSSR count). The minimum Gasteiger partial charge on any atom is -0.481 e. The minimum atomic E-state index is -1.09. The number of hydrogen-bond acceptors (Lipinski definition) is 6. The van der Waals surface area contributed by atoms with E-state index in [0.717, 1.165) is 22.3 Å². The van der Waals surface area contributed by atoms with Gasteiger partial charge in [-0.1, -0.05) is 48.5 Å². The number of alkyl carbamates (subject to hydrolysis) is 1. The number of aliphatic hydroxyl groups excluding tert-OH is 1. The fraction of sp³-hybridized carbons (Fsp3) is 0.400. The van der Waals surface area contributed by atoms with Gasteiger partial charge < -0.3 is 29.9 Å². The predicted octanol–water partition coefficient (Wildman–Crippen LogP) is 1.98. The van der Waals surface area contributed by atoms with E-state index in [2.05, 4.69) is 5.32 Å². The molecular weight excluding hydrogens is 440 g/mol. The minimum absolute atomic E-state index is 0.0489. The lowest BCUT2D eigenvalue weighted by Crippen LogP contribution is -2.48. The third-order valence-electron chi connectivity index (χ3n) is 6.43. The van der Waals surface area contributed by atoms with Gasteiger partial charge >= 0.3 is 12.1 Å². The summed E-state index contributed by atoms with van der Waals surface area (Å²) >= 11 is 0. The number of likely N-dealkylation sites (tertiary alicyclic amines) is 1. The molecule has 9 nitrogen and oxygen atoms in total. The van der Waals surface area contributed by atoms with Crippen molar-refractivity contribution in [1.29, 1.82) is 0 Å². The normalized spacial score (nSPS) is 19.9. The molecular formula is C25H28N2O7. The van der Waals surface area contributed by atoms with Crippen LogP contribution in [0.1, 0.15) is 29.9 Å². The van der Waals surface area contributed by atoms with Gasteiger partial charge in [-0.15, -0.1) is 0 Å². The molecule has 0 aromatic heterocycles. The van der Waals surface area contributed by atoms with E-state index in [1.165, 1.54) is 12.0 Å². The molecule has 3 atom stereocenters. The SMILES string of the molecule is CO[C@@H]1CN(C(=O)C(CCC(=O)O)NC(=O)OCC2c3ccccc3-c3ccccc32)C[C@H]1O. The van der Waals surface area contributed by atoms with Gasteiger partial charge in [0.15, 0.2) is 0 Å². The Labute approximate surface area is 197 Å². The number of β-amino-alcohol motifs (C(OH)–C–C–N with tert-alkyl or cyclic N) is 1. The van der Waals surface area contributed by atoms with E-state index in [-0.39, 0.29) is 38.5 Å². The Morgan fingerprint density at radius 1 is 1.06 bits per heavy atom. The predicted molar refractivity (Wildman–Crippen MR) is 122 cm³/mol. The van der Waals surface area contributed by atoms with E-state index >= 15 is 0 Å². The first-order chi connectivity index (χ1) is 16.4. The molecule has 2 amide bonds. The number of aliphatic carboxylic acids is 1. The molecule has 0 radical (unpaired) electrons. The molecule has 1 fully saturated rings. The summed E-state index contributed by atoms with van der Waals surface area (Å²) in [5.41, 5.74) is 4.32. The zero-order valence-corrected chi connectivity index (χ0v) is 18.8. The van der Waals surface area contributed by atoms with Crippen LogP contribution in [0.3, 0.4) is 0 Å². The number of ether oxygens (including phenoxy) is 2. The molecule has 0 bridgehead atoms. The van der Waals surface area contributed by atoms with Crippen molar-refractivity contribution in [3.05, 3.63) is 59.7 Å². The maximum absolute atomic E-state index is 13.0. The molecule has 0 spiro atoms. The average Bonchev–Trinajstić information content (AvgIpc) is 3.37. The third-order valence-corrected chi connectivity index (χ3v) is 6.43. The summed E-state index contributed by atoms with van der Waals surface area (Å²) in [4.78, 5) is 38.1.